The zero-order valence-electron chi connectivity index (χ0n) is 17.5. The molecule has 4 aromatic rings. The molecule has 170 valence electrons. The smallest absolute Gasteiger partial charge is 0.382 e. The van der Waals surface area contributed by atoms with Gasteiger partial charge in [0.15, 0.2) is 0 Å². The van der Waals surface area contributed by atoms with Crippen LogP contribution in [0.2, 0.25) is 5.02 Å². The molecule has 0 fully saturated rings. The molecule has 1 amide bonds. The molecule has 0 aliphatic heterocycles. The van der Waals surface area contributed by atoms with Gasteiger partial charge in [-0.3, -0.25) is 9.20 Å². The van der Waals surface area contributed by atoms with Crippen LogP contribution in [0.4, 0.5) is 19.0 Å². The topological polar surface area (TPSA) is 76.5 Å². The van der Waals surface area contributed by atoms with E-state index < -0.39 is 11.7 Å². The number of nitrogen functional groups attached to an aromatic ring is 1. The van der Waals surface area contributed by atoms with Crippen LogP contribution in [0.5, 0.6) is 0 Å². The van der Waals surface area contributed by atoms with Gasteiger partial charge in [-0.2, -0.15) is 13.2 Å². The molecule has 0 saturated carbocycles. The molecule has 1 atom stereocenters. The van der Waals surface area contributed by atoms with E-state index in [4.69, 9.17) is 17.3 Å². The summed E-state index contributed by atoms with van der Waals surface area (Å²) < 4.78 is 41.1. The Labute approximate surface area is 191 Å². The van der Waals surface area contributed by atoms with Gasteiger partial charge in [0.1, 0.15) is 11.3 Å². The first-order chi connectivity index (χ1) is 15.7. The lowest BCUT2D eigenvalue weighted by molar-refractivity contribution is -0.137. The Morgan fingerprint density at radius 2 is 2.06 bits per heavy atom. The maximum atomic E-state index is 13.6. The summed E-state index contributed by atoms with van der Waals surface area (Å²) >= 11 is 6.48. The van der Waals surface area contributed by atoms with Crippen molar-refractivity contribution in [2.24, 2.45) is 0 Å². The van der Waals surface area contributed by atoms with E-state index in [0.29, 0.717) is 47.3 Å². The minimum atomic E-state index is -4.40. The quantitative estimate of drug-likeness (QED) is 0.439. The Hall–Kier alpha value is -3.33. The van der Waals surface area contributed by atoms with E-state index in [1.54, 1.807) is 34.0 Å². The van der Waals surface area contributed by atoms with Crippen LogP contribution < -0.4 is 5.73 Å². The van der Waals surface area contributed by atoms with Gasteiger partial charge in [-0.05, 0) is 55.2 Å². The minimum absolute atomic E-state index is 0.225. The highest BCUT2D eigenvalue weighted by molar-refractivity contribution is 6.34. The van der Waals surface area contributed by atoms with Crippen molar-refractivity contribution in [2.45, 2.75) is 32.0 Å². The van der Waals surface area contributed by atoms with Gasteiger partial charge >= 0.3 is 6.18 Å². The third-order valence-corrected chi connectivity index (χ3v) is 6.50. The molecule has 0 unspecified atom stereocenters. The lowest BCUT2D eigenvalue weighted by Crippen LogP contribution is -2.34. The number of hydrogen-bond acceptors (Lipinski definition) is 4. The monoisotopic (exact) mass is 473 g/mol. The molecule has 2 heterocycles. The van der Waals surface area contributed by atoms with E-state index >= 15 is 0 Å². The number of nitrogens with two attached hydrogens (primary N) is 1. The Balaban J connectivity index is 1.55. The van der Waals surface area contributed by atoms with Gasteiger partial charge in [-0.15, -0.1) is 0 Å². The maximum absolute atomic E-state index is 13.6. The Morgan fingerprint density at radius 1 is 1.27 bits per heavy atom. The number of halogens is 4. The molecule has 33 heavy (non-hydrogen) atoms. The van der Waals surface area contributed by atoms with Crippen LogP contribution in [0.25, 0.3) is 16.6 Å². The summed E-state index contributed by atoms with van der Waals surface area (Å²) in [6.07, 6.45) is -0.215. The fraction of sp³-hybridized carbons (Fsp3) is 0.261. The highest BCUT2D eigenvalue weighted by Gasteiger charge is 2.35. The first-order valence-electron chi connectivity index (χ1n) is 10.4. The molecular formula is C23H19ClF3N5O. The van der Waals surface area contributed by atoms with Crippen molar-refractivity contribution in [3.63, 3.8) is 0 Å². The molecule has 1 aliphatic rings. The van der Waals surface area contributed by atoms with Crippen LogP contribution in [0.1, 0.15) is 46.4 Å². The van der Waals surface area contributed by atoms with Crippen molar-refractivity contribution in [1.82, 2.24) is 19.3 Å². The van der Waals surface area contributed by atoms with E-state index in [0.717, 1.165) is 11.6 Å². The van der Waals surface area contributed by atoms with E-state index in [1.165, 1.54) is 12.1 Å². The van der Waals surface area contributed by atoms with Crippen molar-refractivity contribution in [1.29, 1.82) is 0 Å². The van der Waals surface area contributed by atoms with Gasteiger partial charge in [0, 0.05) is 6.54 Å². The third kappa shape index (κ3) is 3.47. The second-order valence-corrected chi connectivity index (χ2v) is 8.43. The summed E-state index contributed by atoms with van der Waals surface area (Å²) in [6, 6.07) is 6.66. The number of amides is 1. The number of alkyl halides is 3. The molecule has 5 rings (SSSR count). The number of carbonyl (C=O) groups is 1. The summed E-state index contributed by atoms with van der Waals surface area (Å²) in [6.45, 7) is 2.21. The number of nitrogens with zero attached hydrogens (tertiary/aromatic N) is 4. The van der Waals surface area contributed by atoms with Crippen molar-refractivity contribution >= 4 is 39.9 Å². The largest absolute Gasteiger partial charge is 0.416 e. The predicted octanol–water partition coefficient (Wildman–Crippen LogP) is 5.29. The van der Waals surface area contributed by atoms with Gasteiger partial charge < -0.3 is 10.6 Å². The zero-order valence-corrected chi connectivity index (χ0v) is 18.3. The van der Waals surface area contributed by atoms with Gasteiger partial charge in [0.05, 0.1) is 45.7 Å². The number of anilines is 1. The molecule has 0 spiro atoms. The Bertz CT molecular complexity index is 1410. The summed E-state index contributed by atoms with van der Waals surface area (Å²) in [4.78, 5) is 23.7. The number of aromatic nitrogens is 3. The molecule has 2 aromatic heterocycles. The number of rotatable bonds is 3. The second-order valence-electron chi connectivity index (χ2n) is 8.02. The normalized spacial score (nSPS) is 15.8. The number of aryl methyl sites for hydroxylation is 1. The lowest BCUT2D eigenvalue weighted by Gasteiger charge is -2.29. The van der Waals surface area contributed by atoms with Gasteiger partial charge in [-0.25, -0.2) is 9.97 Å². The van der Waals surface area contributed by atoms with Crippen molar-refractivity contribution < 1.29 is 18.0 Å². The molecule has 2 N–H and O–H groups in total. The number of hydrogen-bond donors (Lipinski definition) is 1. The second kappa shape index (κ2) is 7.62. The first-order valence-corrected chi connectivity index (χ1v) is 10.8. The molecular weight excluding hydrogens is 455 g/mol. The average molecular weight is 474 g/mol. The molecule has 10 heteroatoms. The highest BCUT2D eigenvalue weighted by atomic mass is 35.5. The number of carbonyl (C=O) groups excluding carboxylic acids is 1. The molecule has 0 radical (unpaired) electrons. The predicted molar refractivity (Wildman–Crippen MR) is 119 cm³/mol. The summed E-state index contributed by atoms with van der Waals surface area (Å²) in [5.74, 6) is -0.00152. The number of imidazole rings is 1. The Kier molecular flexibility index (Phi) is 4.97. The molecule has 2 aromatic carbocycles. The van der Waals surface area contributed by atoms with Gasteiger partial charge in [0.25, 0.3) is 5.91 Å². The average Bonchev–Trinajstić information content (AvgIpc) is 3.41. The SMILES string of the molecule is CCN(C(=O)c1cc2c(cc1Cl)nc(N)c1cncn12)[C@@H]1CCc2cc(C(F)(F)F)ccc21. The summed E-state index contributed by atoms with van der Waals surface area (Å²) in [5.41, 5.74) is 8.71. The van der Waals surface area contributed by atoms with Crippen LogP contribution >= 0.6 is 11.6 Å². The highest BCUT2D eigenvalue weighted by Crippen LogP contribution is 2.40. The van der Waals surface area contributed by atoms with Crippen molar-refractivity contribution in [3.8, 4) is 0 Å². The fourth-order valence-electron chi connectivity index (χ4n) is 4.62. The number of benzene rings is 2. The van der Waals surface area contributed by atoms with Crippen LogP contribution in [-0.4, -0.2) is 31.7 Å². The minimum Gasteiger partial charge on any atom is -0.382 e. The molecule has 1 aliphatic carbocycles. The van der Waals surface area contributed by atoms with E-state index in [9.17, 15) is 18.0 Å². The van der Waals surface area contributed by atoms with E-state index in [1.807, 2.05) is 6.92 Å². The third-order valence-electron chi connectivity index (χ3n) is 6.19. The van der Waals surface area contributed by atoms with E-state index in [2.05, 4.69) is 9.97 Å². The molecule has 6 nitrogen and oxygen atoms in total. The molecule has 0 bridgehead atoms. The lowest BCUT2D eigenvalue weighted by atomic mass is 10.0. The van der Waals surface area contributed by atoms with Crippen molar-refractivity contribution in [2.75, 3.05) is 12.3 Å². The first kappa shape index (κ1) is 21.5. The van der Waals surface area contributed by atoms with Crippen LogP contribution in [-0.2, 0) is 12.6 Å². The van der Waals surface area contributed by atoms with Gasteiger partial charge in [-0.1, -0.05) is 17.7 Å². The van der Waals surface area contributed by atoms with Crippen LogP contribution in [0.3, 0.4) is 0 Å². The van der Waals surface area contributed by atoms with Crippen LogP contribution in [0.15, 0.2) is 42.9 Å². The fourth-order valence-corrected chi connectivity index (χ4v) is 4.86. The summed E-state index contributed by atoms with van der Waals surface area (Å²) in [5, 5.41) is 0.225. The van der Waals surface area contributed by atoms with Gasteiger partial charge in [0.2, 0.25) is 0 Å². The number of fused-ring (bicyclic) bond motifs is 4. The summed E-state index contributed by atoms with van der Waals surface area (Å²) in [7, 11) is 0. The van der Waals surface area contributed by atoms with Crippen molar-refractivity contribution in [3.05, 3.63) is 70.1 Å². The zero-order chi connectivity index (χ0) is 23.5. The van der Waals surface area contributed by atoms with E-state index in [-0.39, 0.29) is 22.5 Å². The standard InChI is InChI=1S/C23H19ClF3N5O/c1-2-31(18-6-3-12-7-13(23(25,26)27)4-5-14(12)18)22(33)15-8-19-17(9-16(15)24)30-21(28)20-10-29-11-32(19)20/h4-5,7-11,18H,2-3,6H2,1H3,(H2,28,30)/t18-/m1/s1. The molecule has 0 saturated heterocycles. The Morgan fingerprint density at radius 3 is 2.79 bits per heavy atom. The maximum Gasteiger partial charge on any atom is 0.416 e. The van der Waals surface area contributed by atoms with Crippen LogP contribution in [0, 0.1) is 0 Å².